The SMILES string of the molecule is Cc1ccccc1C(N)CCN(CCC(C)C)C1CC1. The molecular formula is C18H30N2. The van der Waals surface area contributed by atoms with E-state index >= 15 is 0 Å². The van der Waals surface area contributed by atoms with E-state index in [1.54, 1.807) is 0 Å². The van der Waals surface area contributed by atoms with E-state index < -0.39 is 0 Å². The Bertz CT molecular complexity index is 410. The molecule has 2 heteroatoms. The molecule has 0 aromatic heterocycles. The summed E-state index contributed by atoms with van der Waals surface area (Å²) in [6.45, 7) is 9.16. The van der Waals surface area contributed by atoms with E-state index in [-0.39, 0.29) is 6.04 Å². The Hall–Kier alpha value is -0.860. The molecular weight excluding hydrogens is 244 g/mol. The lowest BCUT2D eigenvalue weighted by Crippen LogP contribution is -2.31. The Kier molecular flexibility index (Phi) is 5.62. The maximum Gasteiger partial charge on any atom is 0.0309 e. The van der Waals surface area contributed by atoms with Gasteiger partial charge in [0.25, 0.3) is 0 Å². The van der Waals surface area contributed by atoms with Crippen LogP contribution in [0.5, 0.6) is 0 Å². The topological polar surface area (TPSA) is 29.3 Å². The molecule has 0 aliphatic heterocycles. The van der Waals surface area contributed by atoms with Gasteiger partial charge in [-0.15, -0.1) is 0 Å². The van der Waals surface area contributed by atoms with Crippen LogP contribution in [-0.2, 0) is 0 Å². The lowest BCUT2D eigenvalue weighted by Gasteiger charge is -2.25. The minimum Gasteiger partial charge on any atom is -0.324 e. The van der Waals surface area contributed by atoms with Gasteiger partial charge in [-0.05, 0) is 56.2 Å². The lowest BCUT2D eigenvalue weighted by atomic mass is 9.99. The van der Waals surface area contributed by atoms with Crippen LogP contribution in [0.1, 0.15) is 56.7 Å². The van der Waals surface area contributed by atoms with Gasteiger partial charge < -0.3 is 10.6 Å². The van der Waals surface area contributed by atoms with Gasteiger partial charge in [-0.25, -0.2) is 0 Å². The number of nitrogens with zero attached hydrogens (tertiary/aromatic N) is 1. The normalized spacial score (nSPS) is 16.9. The van der Waals surface area contributed by atoms with Gasteiger partial charge in [-0.2, -0.15) is 0 Å². The van der Waals surface area contributed by atoms with E-state index in [4.69, 9.17) is 5.73 Å². The van der Waals surface area contributed by atoms with Crippen LogP contribution >= 0.6 is 0 Å². The second kappa shape index (κ2) is 7.24. The zero-order chi connectivity index (χ0) is 14.5. The van der Waals surface area contributed by atoms with Crippen molar-refractivity contribution in [1.29, 1.82) is 0 Å². The average molecular weight is 274 g/mol. The molecule has 1 atom stereocenters. The Balaban J connectivity index is 1.84. The monoisotopic (exact) mass is 274 g/mol. The quantitative estimate of drug-likeness (QED) is 0.779. The van der Waals surface area contributed by atoms with E-state index in [9.17, 15) is 0 Å². The number of nitrogens with two attached hydrogens (primary N) is 1. The largest absolute Gasteiger partial charge is 0.324 e. The van der Waals surface area contributed by atoms with Crippen LogP contribution in [0.25, 0.3) is 0 Å². The first kappa shape index (κ1) is 15.5. The summed E-state index contributed by atoms with van der Waals surface area (Å²) in [6.07, 6.45) is 5.14. The summed E-state index contributed by atoms with van der Waals surface area (Å²) in [5.74, 6) is 0.793. The van der Waals surface area contributed by atoms with E-state index in [0.29, 0.717) is 0 Å². The van der Waals surface area contributed by atoms with Crippen LogP contribution in [0.4, 0.5) is 0 Å². The fourth-order valence-corrected chi connectivity index (χ4v) is 2.80. The van der Waals surface area contributed by atoms with E-state index in [0.717, 1.165) is 24.9 Å². The summed E-state index contributed by atoms with van der Waals surface area (Å²) < 4.78 is 0. The highest BCUT2D eigenvalue weighted by atomic mass is 15.2. The molecule has 1 aromatic carbocycles. The van der Waals surface area contributed by atoms with Gasteiger partial charge in [0.2, 0.25) is 0 Å². The molecule has 0 heterocycles. The maximum absolute atomic E-state index is 6.39. The third kappa shape index (κ3) is 4.60. The minimum absolute atomic E-state index is 0.177. The van der Waals surface area contributed by atoms with Crippen molar-refractivity contribution in [2.24, 2.45) is 11.7 Å². The van der Waals surface area contributed by atoms with Crippen molar-refractivity contribution in [2.75, 3.05) is 13.1 Å². The van der Waals surface area contributed by atoms with Crippen molar-refractivity contribution >= 4 is 0 Å². The highest BCUT2D eigenvalue weighted by molar-refractivity contribution is 5.28. The molecule has 20 heavy (non-hydrogen) atoms. The predicted octanol–water partition coefficient (Wildman–Crippen LogP) is 3.90. The Morgan fingerprint density at radius 2 is 1.80 bits per heavy atom. The number of rotatable bonds is 8. The Morgan fingerprint density at radius 3 is 2.40 bits per heavy atom. The zero-order valence-electron chi connectivity index (χ0n) is 13.3. The number of hydrogen-bond acceptors (Lipinski definition) is 2. The lowest BCUT2D eigenvalue weighted by molar-refractivity contribution is 0.239. The summed E-state index contributed by atoms with van der Waals surface area (Å²) >= 11 is 0. The standard InChI is InChI=1S/C18H30N2/c1-14(2)10-12-20(16-8-9-16)13-11-18(19)17-7-5-4-6-15(17)3/h4-7,14,16,18H,8-13,19H2,1-3H3. The van der Waals surface area contributed by atoms with Gasteiger partial charge >= 0.3 is 0 Å². The summed E-state index contributed by atoms with van der Waals surface area (Å²) in [4.78, 5) is 2.66. The Morgan fingerprint density at radius 1 is 1.15 bits per heavy atom. The molecule has 1 unspecified atom stereocenters. The van der Waals surface area contributed by atoms with Gasteiger partial charge in [-0.3, -0.25) is 0 Å². The van der Waals surface area contributed by atoms with E-state index in [1.165, 1.54) is 36.9 Å². The van der Waals surface area contributed by atoms with Crippen molar-refractivity contribution < 1.29 is 0 Å². The van der Waals surface area contributed by atoms with E-state index in [2.05, 4.69) is 49.9 Å². The third-order valence-corrected chi connectivity index (χ3v) is 4.37. The first-order chi connectivity index (χ1) is 9.58. The molecule has 1 aromatic rings. The molecule has 0 radical (unpaired) electrons. The zero-order valence-corrected chi connectivity index (χ0v) is 13.3. The third-order valence-electron chi connectivity index (χ3n) is 4.37. The summed E-state index contributed by atoms with van der Waals surface area (Å²) in [7, 11) is 0. The van der Waals surface area contributed by atoms with Crippen LogP contribution in [0, 0.1) is 12.8 Å². The van der Waals surface area contributed by atoms with Gasteiger partial charge in [-0.1, -0.05) is 38.1 Å². The molecule has 2 N–H and O–H groups in total. The second-order valence-electron chi connectivity index (χ2n) is 6.70. The van der Waals surface area contributed by atoms with Crippen LogP contribution in [0.3, 0.4) is 0 Å². The fraction of sp³-hybridized carbons (Fsp3) is 0.667. The van der Waals surface area contributed by atoms with Crippen LogP contribution < -0.4 is 5.73 Å². The van der Waals surface area contributed by atoms with Gasteiger partial charge in [0.15, 0.2) is 0 Å². The predicted molar refractivity (Wildman–Crippen MR) is 86.8 cm³/mol. The molecule has 112 valence electrons. The number of aryl methyl sites for hydroxylation is 1. The number of hydrogen-bond donors (Lipinski definition) is 1. The second-order valence-corrected chi connectivity index (χ2v) is 6.70. The first-order valence-electron chi connectivity index (χ1n) is 8.13. The molecule has 0 spiro atoms. The van der Waals surface area contributed by atoms with Gasteiger partial charge in [0.1, 0.15) is 0 Å². The molecule has 1 fully saturated rings. The molecule has 0 amide bonds. The summed E-state index contributed by atoms with van der Waals surface area (Å²) in [5.41, 5.74) is 9.03. The van der Waals surface area contributed by atoms with E-state index in [1.807, 2.05) is 0 Å². The minimum atomic E-state index is 0.177. The Labute approximate surface area is 124 Å². The fourth-order valence-electron chi connectivity index (χ4n) is 2.80. The number of benzene rings is 1. The molecule has 1 saturated carbocycles. The van der Waals surface area contributed by atoms with Crippen molar-refractivity contribution in [2.45, 2.75) is 58.5 Å². The average Bonchev–Trinajstić information content (AvgIpc) is 3.23. The van der Waals surface area contributed by atoms with Crippen molar-refractivity contribution in [3.63, 3.8) is 0 Å². The van der Waals surface area contributed by atoms with Crippen molar-refractivity contribution in [3.05, 3.63) is 35.4 Å². The van der Waals surface area contributed by atoms with Crippen LogP contribution in [0.2, 0.25) is 0 Å². The molecule has 1 aliphatic carbocycles. The first-order valence-corrected chi connectivity index (χ1v) is 8.13. The molecule has 1 aliphatic rings. The molecule has 0 saturated heterocycles. The van der Waals surface area contributed by atoms with Crippen molar-refractivity contribution in [3.8, 4) is 0 Å². The van der Waals surface area contributed by atoms with Gasteiger partial charge in [0.05, 0.1) is 0 Å². The summed E-state index contributed by atoms with van der Waals surface area (Å²) in [5, 5.41) is 0. The maximum atomic E-state index is 6.39. The van der Waals surface area contributed by atoms with Crippen LogP contribution in [0.15, 0.2) is 24.3 Å². The summed E-state index contributed by atoms with van der Waals surface area (Å²) in [6, 6.07) is 9.54. The molecule has 2 nitrogen and oxygen atoms in total. The highest BCUT2D eigenvalue weighted by Gasteiger charge is 2.28. The smallest absolute Gasteiger partial charge is 0.0309 e. The molecule has 2 rings (SSSR count). The van der Waals surface area contributed by atoms with Gasteiger partial charge in [0, 0.05) is 18.6 Å². The van der Waals surface area contributed by atoms with Crippen LogP contribution in [-0.4, -0.2) is 24.0 Å². The van der Waals surface area contributed by atoms with Crippen molar-refractivity contribution in [1.82, 2.24) is 4.90 Å². The highest BCUT2D eigenvalue weighted by Crippen LogP contribution is 2.28. The molecule has 0 bridgehead atoms.